The standard InChI is InChI=1S/C35H49N9O7S/c1-4-19(2)29(44-35(50)51-17-25-23-12-7-5-10-21(23)22-11-6-8-13-24(22)25)33(49)42-20(3)31(47)41-16-28(45)52-18-26(36)32(48)43-27(30(37)46)14-9-15-40-34(38)39/h5-8,10-13,19-20,25-27,29H,4,9,14-18,36H2,1-3H3,(H2,37,46)(H,41,47)(H,42,49)(H,43,48)(H,44,50)(H4,38,39,40)/t19-,20-,26-,27-,29-/m0/s1/i28+1. The third-order valence-electron chi connectivity index (χ3n) is 8.64. The second-order valence-corrected chi connectivity index (χ2v) is 13.6. The maximum absolute atomic E-state index is 13.3. The summed E-state index contributed by atoms with van der Waals surface area (Å²) in [5.74, 6) is -3.36. The highest BCUT2D eigenvalue weighted by Gasteiger charge is 2.32. The summed E-state index contributed by atoms with van der Waals surface area (Å²) in [6.07, 6.45) is 0.347. The van der Waals surface area contributed by atoms with Crippen molar-refractivity contribution in [3.63, 3.8) is 0 Å². The Morgan fingerprint density at radius 1 is 0.865 bits per heavy atom. The number of rotatable bonds is 19. The molecule has 0 spiro atoms. The molecule has 2 aromatic carbocycles. The minimum Gasteiger partial charge on any atom is -0.449 e. The number of benzene rings is 2. The van der Waals surface area contributed by atoms with Crippen LogP contribution in [0.1, 0.15) is 57.1 Å². The van der Waals surface area contributed by atoms with Gasteiger partial charge in [0, 0.05) is 18.2 Å². The molecular formula is C35H49N9O7S. The fraction of sp³-hybridized carbons (Fsp3) is 0.457. The molecule has 0 unspecified atom stereocenters. The van der Waals surface area contributed by atoms with Crippen LogP contribution in [0.5, 0.6) is 0 Å². The van der Waals surface area contributed by atoms with Crippen molar-refractivity contribution in [3.8, 4) is 11.1 Å². The number of hydrogen-bond acceptors (Lipinski definition) is 10. The molecule has 0 saturated heterocycles. The van der Waals surface area contributed by atoms with E-state index in [1.807, 2.05) is 55.5 Å². The van der Waals surface area contributed by atoms with Gasteiger partial charge >= 0.3 is 6.09 Å². The van der Waals surface area contributed by atoms with Crippen LogP contribution in [-0.4, -0.2) is 90.4 Å². The zero-order valence-corrected chi connectivity index (χ0v) is 30.4. The number of nitrogens with two attached hydrogens (primary N) is 4. The van der Waals surface area contributed by atoms with Gasteiger partial charge in [-0.15, -0.1) is 0 Å². The normalized spacial score (nSPS) is 14.6. The SMILES string of the molecule is CC[C@H](C)[C@H](NC(=O)OCC1c2ccccc2-c2ccccc21)C(=O)N[C@@H](C)C(=O)NC[13C](=O)SC[C@H](N)C(=O)N[C@@H](CCCN=C(N)N)C(N)=O. The van der Waals surface area contributed by atoms with Gasteiger partial charge in [-0.3, -0.25) is 29.0 Å². The lowest BCUT2D eigenvalue weighted by molar-refractivity contribution is -0.130. The Labute approximate surface area is 307 Å². The first kappa shape index (κ1) is 41.3. The van der Waals surface area contributed by atoms with Crippen LogP contribution in [0.2, 0.25) is 0 Å². The molecule has 3 rings (SSSR count). The second-order valence-electron chi connectivity index (χ2n) is 12.5. The van der Waals surface area contributed by atoms with Gasteiger partial charge < -0.3 is 48.9 Å². The van der Waals surface area contributed by atoms with Crippen LogP contribution in [-0.2, 0) is 28.7 Å². The largest absolute Gasteiger partial charge is 0.449 e. The quantitative estimate of drug-likeness (QED) is 0.0416. The van der Waals surface area contributed by atoms with Crippen LogP contribution in [0, 0.1) is 5.92 Å². The molecule has 0 aliphatic heterocycles. The van der Waals surface area contributed by atoms with Crippen molar-refractivity contribution in [3.05, 3.63) is 59.7 Å². The van der Waals surface area contributed by atoms with E-state index in [2.05, 4.69) is 26.3 Å². The van der Waals surface area contributed by atoms with Crippen molar-refractivity contribution in [1.29, 1.82) is 0 Å². The van der Waals surface area contributed by atoms with Gasteiger partial charge in [-0.1, -0.05) is 80.6 Å². The Morgan fingerprint density at radius 2 is 1.48 bits per heavy atom. The molecule has 0 aromatic heterocycles. The molecule has 17 heteroatoms. The molecule has 16 nitrogen and oxygen atoms in total. The van der Waals surface area contributed by atoms with Crippen LogP contribution in [0.4, 0.5) is 4.79 Å². The molecule has 5 atom stereocenters. The number of hydrogen-bond donors (Lipinski definition) is 8. The number of nitrogens with zero attached hydrogens (tertiary/aromatic N) is 1. The van der Waals surface area contributed by atoms with Crippen molar-refractivity contribution >= 4 is 52.6 Å². The number of carbonyl (C=O) groups excluding carboxylic acids is 6. The molecule has 0 bridgehead atoms. The molecule has 5 amide bonds. The van der Waals surface area contributed by atoms with Crippen molar-refractivity contribution < 1.29 is 33.5 Å². The van der Waals surface area contributed by atoms with E-state index >= 15 is 0 Å². The van der Waals surface area contributed by atoms with Gasteiger partial charge in [0.15, 0.2) is 5.96 Å². The maximum atomic E-state index is 13.3. The average molecular weight is 741 g/mol. The minimum atomic E-state index is -1.15. The Morgan fingerprint density at radius 3 is 2.06 bits per heavy atom. The lowest BCUT2D eigenvalue weighted by Crippen LogP contribution is -2.55. The number of amides is 5. The first-order valence-electron chi connectivity index (χ1n) is 17.0. The number of guanidine groups is 1. The minimum absolute atomic E-state index is 0.0742. The molecule has 282 valence electrons. The first-order chi connectivity index (χ1) is 24.7. The molecule has 1 aliphatic rings. The molecular weight excluding hydrogens is 692 g/mol. The molecule has 2 aromatic rings. The summed E-state index contributed by atoms with van der Waals surface area (Å²) in [5, 5.41) is 9.66. The number of nitrogens with one attached hydrogen (secondary N) is 4. The van der Waals surface area contributed by atoms with Gasteiger partial charge in [-0.25, -0.2) is 4.79 Å². The fourth-order valence-corrected chi connectivity index (χ4v) is 6.22. The van der Waals surface area contributed by atoms with E-state index in [0.717, 1.165) is 22.3 Å². The summed E-state index contributed by atoms with van der Waals surface area (Å²) in [5.41, 5.74) is 26.1. The highest BCUT2D eigenvalue weighted by Crippen LogP contribution is 2.44. The maximum Gasteiger partial charge on any atom is 0.407 e. The van der Waals surface area contributed by atoms with E-state index in [9.17, 15) is 28.8 Å². The predicted octanol–water partition coefficient (Wildman–Crippen LogP) is 0.172. The van der Waals surface area contributed by atoms with E-state index < -0.39 is 65.5 Å². The number of alkyl carbamates (subject to hydrolysis) is 1. The van der Waals surface area contributed by atoms with Crippen LogP contribution in [0.15, 0.2) is 53.5 Å². The molecule has 12 N–H and O–H groups in total. The highest BCUT2D eigenvalue weighted by molar-refractivity contribution is 8.13. The van der Waals surface area contributed by atoms with Gasteiger partial charge in [0.25, 0.3) is 0 Å². The highest BCUT2D eigenvalue weighted by atomic mass is 32.2. The summed E-state index contributed by atoms with van der Waals surface area (Å²) in [6.45, 7) is 5.02. The number of ether oxygens (including phenoxy) is 1. The monoisotopic (exact) mass is 740 g/mol. The fourth-order valence-electron chi connectivity index (χ4n) is 5.53. The van der Waals surface area contributed by atoms with Crippen LogP contribution >= 0.6 is 11.8 Å². The molecule has 52 heavy (non-hydrogen) atoms. The average Bonchev–Trinajstić information content (AvgIpc) is 3.44. The summed E-state index contributed by atoms with van der Waals surface area (Å²) in [6, 6.07) is 11.7. The van der Waals surface area contributed by atoms with Gasteiger partial charge in [0.05, 0.1) is 12.6 Å². The van der Waals surface area contributed by atoms with Crippen LogP contribution in [0.3, 0.4) is 0 Å². The lowest BCUT2D eigenvalue weighted by Gasteiger charge is -2.25. The van der Waals surface area contributed by atoms with Crippen molar-refractivity contribution in [2.45, 2.75) is 70.1 Å². The third kappa shape index (κ3) is 12.0. The molecule has 0 fully saturated rings. The zero-order chi connectivity index (χ0) is 38.4. The summed E-state index contributed by atoms with van der Waals surface area (Å²) < 4.78 is 5.63. The van der Waals surface area contributed by atoms with Crippen LogP contribution < -0.4 is 44.2 Å². The van der Waals surface area contributed by atoms with Crippen molar-refractivity contribution in [1.82, 2.24) is 21.3 Å². The van der Waals surface area contributed by atoms with Gasteiger partial charge in [0.1, 0.15) is 24.7 Å². The Balaban J connectivity index is 1.44. The molecule has 0 heterocycles. The van der Waals surface area contributed by atoms with E-state index in [1.54, 1.807) is 6.92 Å². The number of primary amides is 1. The summed E-state index contributed by atoms with van der Waals surface area (Å²) >= 11 is 0.715. The zero-order valence-electron chi connectivity index (χ0n) is 29.6. The number of aliphatic imine (C=N–C) groups is 1. The smallest absolute Gasteiger partial charge is 0.407 e. The number of carbonyl (C=O) groups is 6. The molecule has 1 aliphatic carbocycles. The van der Waals surface area contributed by atoms with Gasteiger partial charge in [-0.2, -0.15) is 0 Å². The predicted molar refractivity (Wildman–Crippen MR) is 199 cm³/mol. The molecule has 0 radical (unpaired) electrons. The molecule has 0 saturated carbocycles. The topological polar surface area (TPSA) is 276 Å². The summed E-state index contributed by atoms with van der Waals surface area (Å²) in [7, 11) is 0. The first-order valence-corrected chi connectivity index (χ1v) is 18.0. The number of thioether (sulfide) groups is 1. The number of fused-ring (bicyclic) bond motifs is 3. The van der Waals surface area contributed by atoms with E-state index in [0.29, 0.717) is 24.6 Å². The van der Waals surface area contributed by atoms with Crippen molar-refractivity contribution in [2.75, 3.05) is 25.4 Å². The Hall–Kier alpha value is -5.16. The van der Waals surface area contributed by atoms with Gasteiger partial charge in [-0.05, 0) is 47.9 Å². The van der Waals surface area contributed by atoms with E-state index in [-0.39, 0.29) is 43.1 Å². The lowest BCUT2D eigenvalue weighted by atomic mass is 9.98. The van der Waals surface area contributed by atoms with Gasteiger partial charge in [0.2, 0.25) is 28.7 Å². The summed E-state index contributed by atoms with van der Waals surface area (Å²) in [4.78, 5) is 79.4. The van der Waals surface area contributed by atoms with Crippen molar-refractivity contribution in [2.24, 2.45) is 33.8 Å². The second kappa shape index (κ2) is 20.0. The Kier molecular flexibility index (Phi) is 15.9. The van der Waals surface area contributed by atoms with Crippen LogP contribution in [0.25, 0.3) is 11.1 Å². The van der Waals surface area contributed by atoms with E-state index in [1.165, 1.54) is 6.92 Å². The van der Waals surface area contributed by atoms with E-state index in [4.69, 9.17) is 27.7 Å². The third-order valence-corrected chi connectivity index (χ3v) is 9.63. The Bertz CT molecular complexity index is 1590.